The highest BCUT2D eigenvalue weighted by Crippen LogP contribution is 2.31. The molecule has 4 nitrogen and oxygen atoms in total. The van der Waals surface area contributed by atoms with Crippen LogP contribution in [0.3, 0.4) is 0 Å². The van der Waals surface area contributed by atoms with Gasteiger partial charge in [0.1, 0.15) is 5.82 Å². The standard InChI is InChI=1S/C29H38N4S/c1-21-19-30-28(32-25-11-9-23(10-12-25)24-13-15-33(5)16-14-24)18-27(21)31-26-8-6-7-22(17-26)20-34-29(2,3)4/h6-12,17-19,24H,13-16,20H2,1-5H3,(H2,30,31,32). The minimum absolute atomic E-state index is 0.261. The van der Waals surface area contributed by atoms with E-state index in [0.717, 1.165) is 34.2 Å². The van der Waals surface area contributed by atoms with Gasteiger partial charge in [0.05, 0.1) is 0 Å². The van der Waals surface area contributed by atoms with Crippen molar-refractivity contribution in [2.24, 2.45) is 0 Å². The fourth-order valence-corrected chi connectivity index (χ4v) is 5.03. The minimum atomic E-state index is 0.261. The van der Waals surface area contributed by atoms with Crippen LogP contribution in [0.5, 0.6) is 0 Å². The Hall–Kier alpha value is -2.50. The Morgan fingerprint density at radius 1 is 0.971 bits per heavy atom. The quantitative estimate of drug-likeness (QED) is 0.367. The molecule has 2 heterocycles. The lowest BCUT2D eigenvalue weighted by Crippen LogP contribution is -2.29. The number of thioether (sulfide) groups is 1. The molecule has 5 heteroatoms. The lowest BCUT2D eigenvalue weighted by molar-refractivity contribution is 0.255. The Morgan fingerprint density at radius 3 is 2.41 bits per heavy atom. The van der Waals surface area contributed by atoms with Crippen LogP contribution in [0.4, 0.5) is 22.9 Å². The van der Waals surface area contributed by atoms with E-state index in [1.165, 1.54) is 37.1 Å². The maximum absolute atomic E-state index is 4.61. The Kier molecular flexibility index (Phi) is 7.84. The minimum Gasteiger partial charge on any atom is -0.355 e. The molecule has 1 aromatic heterocycles. The molecule has 0 saturated carbocycles. The van der Waals surface area contributed by atoms with Crippen molar-refractivity contribution in [3.05, 3.63) is 77.5 Å². The zero-order valence-electron chi connectivity index (χ0n) is 21.2. The highest BCUT2D eigenvalue weighted by atomic mass is 32.2. The fraction of sp³-hybridized carbons (Fsp3) is 0.414. The summed E-state index contributed by atoms with van der Waals surface area (Å²) in [6.45, 7) is 11.2. The Morgan fingerprint density at radius 2 is 1.71 bits per heavy atom. The summed E-state index contributed by atoms with van der Waals surface area (Å²) in [5.74, 6) is 2.53. The molecular weight excluding hydrogens is 436 g/mol. The zero-order valence-corrected chi connectivity index (χ0v) is 22.0. The van der Waals surface area contributed by atoms with Gasteiger partial charge < -0.3 is 15.5 Å². The molecule has 0 atom stereocenters. The number of pyridine rings is 1. The van der Waals surface area contributed by atoms with Gasteiger partial charge in [0.2, 0.25) is 0 Å². The van der Waals surface area contributed by atoms with Crippen LogP contribution in [0.2, 0.25) is 0 Å². The first-order valence-corrected chi connectivity index (χ1v) is 13.3. The highest BCUT2D eigenvalue weighted by molar-refractivity contribution is 7.99. The van der Waals surface area contributed by atoms with E-state index >= 15 is 0 Å². The second kappa shape index (κ2) is 10.8. The molecule has 2 aromatic carbocycles. The molecule has 34 heavy (non-hydrogen) atoms. The maximum Gasteiger partial charge on any atom is 0.132 e. The van der Waals surface area contributed by atoms with Crippen molar-refractivity contribution < 1.29 is 0 Å². The van der Waals surface area contributed by atoms with E-state index in [1.54, 1.807) is 0 Å². The SMILES string of the molecule is Cc1cnc(Nc2ccc(C3CCN(C)CC3)cc2)cc1Nc1cccc(CSC(C)(C)C)c1. The lowest BCUT2D eigenvalue weighted by atomic mass is 9.89. The third kappa shape index (κ3) is 7.00. The molecule has 0 spiro atoms. The molecule has 3 aromatic rings. The normalized spacial score (nSPS) is 15.3. The molecule has 1 aliphatic rings. The van der Waals surface area contributed by atoms with Crippen molar-refractivity contribution in [2.75, 3.05) is 30.8 Å². The van der Waals surface area contributed by atoms with E-state index in [1.807, 2.05) is 18.0 Å². The molecule has 0 bridgehead atoms. The van der Waals surface area contributed by atoms with Crippen LogP contribution in [0.25, 0.3) is 0 Å². The van der Waals surface area contributed by atoms with Gasteiger partial charge in [0.25, 0.3) is 0 Å². The summed E-state index contributed by atoms with van der Waals surface area (Å²) in [6, 6.07) is 19.7. The summed E-state index contributed by atoms with van der Waals surface area (Å²) in [5, 5.41) is 7.08. The highest BCUT2D eigenvalue weighted by Gasteiger charge is 2.18. The smallest absolute Gasteiger partial charge is 0.132 e. The van der Waals surface area contributed by atoms with E-state index in [9.17, 15) is 0 Å². The molecule has 4 rings (SSSR count). The first-order valence-electron chi connectivity index (χ1n) is 12.3. The average Bonchev–Trinajstić information content (AvgIpc) is 2.81. The Balaban J connectivity index is 1.41. The topological polar surface area (TPSA) is 40.2 Å². The van der Waals surface area contributed by atoms with Gasteiger partial charge in [-0.2, -0.15) is 11.8 Å². The van der Waals surface area contributed by atoms with Gasteiger partial charge in [-0.15, -0.1) is 0 Å². The summed E-state index contributed by atoms with van der Waals surface area (Å²) >= 11 is 1.97. The van der Waals surface area contributed by atoms with Crippen LogP contribution in [0.15, 0.2) is 60.8 Å². The van der Waals surface area contributed by atoms with Gasteiger partial charge in [-0.05, 0) is 86.8 Å². The van der Waals surface area contributed by atoms with E-state index < -0.39 is 0 Å². The van der Waals surface area contributed by atoms with Crippen LogP contribution < -0.4 is 10.6 Å². The predicted molar refractivity (Wildman–Crippen MR) is 149 cm³/mol. The molecule has 0 unspecified atom stereocenters. The van der Waals surface area contributed by atoms with Crippen molar-refractivity contribution in [1.29, 1.82) is 0 Å². The Labute approximate surface area is 209 Å². The summed E-state index contributed by atoms with van der Waals surface area (Å²) in [6.07, 6.45) is 4.42. The summed E-state index contributed by atoms with van der Waals surface area (Å²) < 4.78 is 0.261. The van der Waals surface area contributed by atoms with Gasteiger partial charge in [-0.25, -0.2) is 4.98 Å². The Bertz CT molecular complexity index is 1080. The second-order valence-corrected chi connectivity index (χ2v) is 12.2. The lowest BCUT2D eigenvalue weighted by Gasteiger charge is -2.29. The number of anilines is 4. The molecule has 1 aliphatic heterocycles. The number of aryl methyl sites for hydroxylation is 1. The molecule has 0 aliphatic carbocycles. The maximum atomic E-state index is 4.61. The third-order valence-electron chi connectivity index (χ3n) is 6.35. The van der Waals surface area contributed by atoms with Gasteiger partial charge in [-0.1, -0.05) is 45.0 Å². The molecule has 0 amide bonds. The monoisotopic (exact) mass is 474 g/mol. The number of nitrogens with one attached hydrogen (secondary N) is 2. The number of rotatable bonds is 7. The average molecular weight is 475 g/mol. The van der Waals surface area contributed by atoms with E-state index in [4.69, 9.17) is 0 Å². The van der Waals surface area contributed by atoms with Crippen LogP contribution in [0.1, 0.15) is 56.2 Å². The van der Waals surface area contributed by atoms with Crippen molar-refractivity contribution in [1.82, 2.24) is 9.88 Å². The summed E-state index contributed by atoms with van der Waals surface area (Å²) in [4.78, 5) is 7.03. The van der Waals surface area contributed by atoms with Crippen molar-refractivity contribution >= 4 is 34.6 Å². The third-order valence-corrected chi connectivity index (χ3v) is 7.70. The van der Waals surface area contributed by atoms with Crippen LogP contribution in [-0.4, -0.2) is 34.8 Å². The number of likely N-dealkylation sites (tertiary alicyclic amines) is 1. The van der Waals surface area contributed by atoms with Gasteiger partial charge in [0, 0.05) is 39.8 Å². The number of hydrogen-bond donors (Lipinski definition) is 2. The van der Waals surface area contributed by atoms with Crippen molar-refractivity contribution in [3.8, 4) is 0 Å². The number of aromatic nitrogens is 1. The summed E-state index contributed by atoms with van der Waals surface area (Å²) in [7, 11) is 2.21. The molecule has 180 valence electrons. The molecular formula is C29H38N4S. The van der Waals surface area contributed by atoms with E-state index in [-0.39, 0.29) is 4.75 Å². The predicted octanol–water partition coefficient (Wildman–Crippen LogP) is 7.72. The number of benzene rings is 2. The van der Waals surface area contributed by atoms with Gasteiger partial charge in [0.15, 0.2) is 0 Å². The van der Waals surface area contributed by atoms with Crippen molar-refractivity contribution in [2.45, 2.75) is 57.0 Å². The second-order valence-electron chi connectivity index (χ2n) is 10.4. The largest absolute Gasteiger partial charge is 0.355 e. The van der Waals surface area contributed by atoms with Gasteiger partial charge >= 0.3 is 0 Å². The number of nitrogens with zero attached hydrogens (tertiary/aromatic N) is 2. The summed E-state index contributed by atoms with van der Waals surface area (Å²) in [5.41, 5.74) is 7.15. The van der Waals surface area contributed by atoms with Crippen molar-refractivity contribution in [3.63, 3.8) is 0 Å². The van der Waals surface area contributed by atoms with E-state index in [2.05, 4.69) is 110 Å². The molecule has 1 fully saturated rings. The number of piperidine rings is 1. The molecule has 1 saturated heterocycles. The van der Waals surface area contributed by atoms with E-state index in [0.29, 0.717) is 5.92 Å². The fourth-order valence-electron chi connectivity index (χ4n) is 4.25. The molecule has 0 radical (unpaired) electrons. The first kappa shape index (κ1) is 24.6. The zero-order chi connectivity index (χ0) is 24.1. The van der Waals surface area contributed by atoms with Crippen LogP contribution >= 0.6 is 11.8 Å². The molecule has 2 N–H and O–H groups in total. The first-order chi connectivity index (χ1) is 16.2. The van der Waals surface area contributed by atoms with Crippen LogP contribution in [-0.2, 0) is 5.75 Å². The number of hydrogen-bond acceptors (Lipinski definition) is 5. The van der Waals surface area contributed by atoms with Gasteiger partial charge in [-0.3, -0.25) is 0 Å². The van der Waals surface area contributed by atoms with Crippen LogP contribution in [0, 0.1) is 6.92 Å².